The Hall–Kier alpha value is -2.91. The predicted molar refractivity (Wildman–Crippen MR) is 63.3 cm³/mol. The maximum atomic E-state index is 11.8. The van der Waals surface area contributed by atoms with Gasteiger partial charge in [-0.05, 0) is 0 Å². The minimum absolute atomic E-state index is 0.109. The normalized spacial score (nSPS) is 10.2. The van der Waals surface area contributed by atoms with E-state index in [4.69, 9.17) is 5.73 Å². The molecule has 0 saturated heterocycles. The van der Waals surface area contributed by atoms with E-state index in [9.17, 15) is 9.59 Å². The molecule has 100 valence electrons. The number of carbonyl (C=O) groups excluding carboxylic acids is 2. The van der Waals surface area contributed by atoms with E-state index in [2.05, 4.69) is 25.5 Å². The van der Waals surface area contributed by atoms with E-state index < -0.39 is 6.09 Å². The predicted octanol–water partition coefficient (Wildman–Crippen LogP) is -0.425. The second-order valence-electron chi connectivity index (χ2n) is 3.48. The van der Waals surface area contributed by atoms with Crippen molar-refractivity contribution in [3.8, 4) is 0 Å². The van der Waals surface area contributed by atoms with Gasteiger partial charge in [0.1, 0.15) is 12.4 Å². The third-order valence-electron chi connectivity index (χ3n) is 2.16. The molecule has 0 aromatic carbocycles. The number of nitrogens with two attached hydrogens (primary N) is 1. The number of nitrogen functional groups attached to an aromatic ring is 1. The SMILES string of the molecule is COC(=O)Nc1cn(CC(=O)n2nccc2N)nn1. The number of aromatic nitrogens is 5. The zero-order valence-corrected chi connectivity index (χ0v) is 9.98. The molecule has 0 atom stereocenters. The van der Waals surface area contributed by atoms with Crippen LogP contribution >= 0.6 is 0 Å². The fraction of sp³-hybridized carbons (Fsp3) is 0.222. The fourth-order valence-corrected chi connectivity index (χ4v) is 1.32. The van der Waals surface area contributed by atoms with E-state index in [1.165, 1.54) is 30.3 Å². The molecule has 0 unspecified atom stereocenters. The van der Waals surface area contributed by atoms with E-state index >= 15 is 0 Å². The number of rotatable bonds is 3. The second kappa shape index (κ2) is 5.16. The van der Waals surface area contributed by atoms with Crippen LogP contribution in [0.25, 0.3) is 0 Å². The minimum Gasteiger partial charge on any atom is -0.453 e. The van der Waals surface area contributed by atoms with Crippen molar-refractivity contribution in [2.75, 3.05) is 18.2 Å². The molecule has 2 rings (SSSR count). The van der Waals surface area contributed by atoms with Gasteiger partial charge < -0.3 is 10.5 Å². The van der Waals surface area contributed by atoms with E-state index in [-0.39, 0.29) is 24.1 Å². The van der Waals surface area contributed by atoms with Gasteiger partial charge in [0, 0.05) is 6.07 Å². The number of methoxy groups -OCH3 is 1. The lowest BCUT2D eigenvalue weighted by atomic mass is 10.5. The molecule has 0 spiro atoms. The van der Waals surface area contributed by atoms with Crippen LogP contribution in [0, 0.1) is 0 Å². The van der Waals surface area contributed by atoms with Crippen molar-refractivity contribution in [3.05, 3.63) is 18.5 Å². The number of carbonyl (C=O) groups is 2. The first-order valence-corrected chi connectivity index (χ1v) is 5.18. The Balaban J connectivity index is 2.02. The summed E-state index contributed by atoms with van der Waals surface area (Å²) in [5.41, 5.74) is 5.55. The molecule has 10 heteroatoms. The third-order valence-corrected chi connectivity index (χ3v) is 2.16. The molecular weight excluding hydrogens is 254 g/mol. The largest absolute Gasteiger partial charge is 0.453 e. The van der Waals surface area contributed by atoms with Gasteiger partial charge in [0.2, 0.25) is 0 Å². The minimum atomic E-state index is -0.672. The molecule has 19 heavy (non-hydrogen) atoms. The molecule has 0 saturated carbocycles. The van der Waals surface area contributed by atoms with Crippen LogP contribution in [-0.2, 0) is 11.3 Å². The molecule has 1 amide bonds. The average Bonchev–Trinajstić information content (AvgIpc) is 2.98. The van der Waals surface area contributed by atoms with Gasteiger partial charge in [-0.15, -0.1) is 5.10 Å². The standard InChI is InChI=1S/C9H11N7O3/c1-19-9(18)12-7-4-15(14-13-7)5-8(17)16-6(10)2-3-11-16/h2-4H,5,10H2,1H3,(H,12,18). The van der Waals surface area contributed by atoms with Crippen LogP contribution in [0.5, 0.6) is 0 Å². The highest BCUT2D eigenvalue weighted by Crippen LogP contribution is 2.03. The van der Waals surface area contributed by atoms with Gasteiger partial charge in [0.25, 0.3) is 5.91 Å². The molecule has 0 aliphatic carbocycles. The molecule has 0 aliphatic heterocycles. The summed E-state index contributed by atoms with van der Waals surface area (Å²) < 4.78 is 6.69. The zero-order valence-electron chi connectivity index (χ0n) is 9.98. The van der Waals surface area contributed by atoms with Crippen molar-refractivity contribution in [2.45, 2.75) is 6.54 Å². The van der Waals surface area contributed by atoms with Gasteiger partial charge in [0.05, 0.1) is 19.5 Å². The van der Waals surface area contributed by atoms with Crippen molar-refractivity contribution in [3.63, 3.8) is 0 Å². The number of amides is 1. The lowest BCUT2D eigenvalue weighted by Crippen LogP contribution is -2.20. The van der Waals surface area contributed by atoms with Crippen LogP contribution in [-0.4, -0.2) is 43.9 Å². The number of hydrogen-bond donors (Lipinski definition) is 2. The molecule has 3 N–H and O–H groups in total. The Kier molecular flexibility index (Phi) is 3.41. The van der Waals surface area contributed by atoms with Crippen LogP contribution in [0.1, 0.15) is 4.79 Å². The lowest BCUT2D eigenvalue weighted by Gasteiger charge is -2.01. The van der Waals surface area contributed by atoms with Gasteiger partial charge in [0.15, 0.2) is 5.82 Å². The number of nitrogens with one attached hydrogen (secondary N) is 1. The summed E-state index contributed by atoms with van der Waals surface area (Å²) in [6, 6.07) is 1.50. The van der Waals surface area contributed by atoms with E-state index in [0.29, 0.717) is 0 Å². The summed E-state index contributed by atoms with van der Waals surface area (Å²) in [6.07, 6.45) is 2.13. The van der Waals surface area contributed by atoms with Crippen molar-refractivity contribution in [1.82, 2.24) is 24.8 Å². The third kappa shape index (κ3) is 2.86. The molecule has 2 heterocycles. The Morgan fingerprint density at radius 1 is 1.53 bits per heavy atom. The van der Waals surface area contributed by atoms with Crippen molar-refractivity contribution >= 4 is 23.6 Å². The number of hydrogen-bond acceptors (Lipinski definition) is 7. The Labute approximate surface area is 107 Å². The fourth-order valence-electron chi connectivity index (χ4n) is 1.32. The summed E-state index contributed by atoms with van der Waals surface area (Å²) in [5, 5.41) is 13.4. The second-order valence-corrected chi connectivity index (χ2v) is 3.48. The first kappa shape index (κ1) is 12.5. The molecule has 10 nitrogen and oxygen atoms in total. The van der Waals surface area contributed by atoms with Gasteiger partial charge in [-0.2, -0.15) is 9.78 Å². The molecule has 2 aromatic heterocycles. The van der Waals surface area contributed by atoms with Crippen LogP contribution in [0.15, 0.2) is 18.5 Å². The van der Waals surface area contributed by atoms with Crippen LogP contribution in [0.3, 0.4) is 0 Å². The van der Waals surface area contributed by atoms with Gasteiger partial charge in [-0.25, -0.2) is 9.48 Å². The number of ether oxygens (including phenoxy) is 1. The van der Waals surface area contributed by atoms with Crippen LogP contribution < -0.4 is 11.1 Å². The number of anilines is 2. The molecule has 0 aliphatic rings. The molecule has 2 aromatic rings. The quantitative estimate of drug-likeness (QED) is 0.770. The summed E-state index contributed by atoms with van der Waals surface area (Å²) in [7, 11) is 1.23. The van der Waals surface area contributed by atoms with Crippen molar-refractivity contribution < 1.29 is 14.3 Å². The molecule has 0 bridgehead atoms. The number of nitrogens with zero attached hydrogens (tertiary/aromatic N) is 5. The van der Waals surface area contributed by atoms with E-state index in [1.54, 1.807) is 0 Å². The van der Waals surface area contributed by atoms with Crippen LogP contribution in [0.2, 0.25) is 0 Å². The molecule has 0 fully saturated rings. The summed E-state index contributed by atoms with van der Waals surface area (Å²) in [5.74, 6) is 0.0307. The van der Waals surface area contributed by atoms with Crippen molar-refractivity contribution in [1.29, 1.82) is 0 Å². The van der Waals surface area contributed by atoms with Crippen molar-refractivity contribution in [2.24, 2.45) is 0 Å². The smallest absolute Gasteiger partial charge is 0.412 e. The molecule has 0 radical (unpaired) electrons. The summed E-state index contributed by atoms with van der Waals surface area (Å²) >= 11 is 0. The average molecular weight is 265 g/mol. The monoisotopic (exact) mass is 265 g/mol. The Morgan fingerprint density at radius 3 is 2.95 bits per heavy atom. The highest BCUT2D eigenvalue weighted by Gasteiger charge is 2.12. The van der Waals surface area contributed by atoms with Crippen LogP contribution in [0.4, 0.5) is 16.4 Å². The Morgan fingerprint density at radius 2 is 2.32 bits per heavy atom. The maximum Gasteiger partial charge on any atom is 0.412 e. The van der Waals surface area contributed by atoms with Gasteiger partial charge >= 0.3 is 6.09 Å². The summed E-state index contributed by atoms with van der Waals surface area (Å²) in [6.45, 7) is -0.109. The summed E-state index contributed by atoms with van der Waals surface area (Å²) in [4.78, 5) is 22.7. The first-order chi connectivity index (χ1) is 9.10. The first-order valence-electron chi connectivity index (χ1n) is 5.18. The highest BCUT2D eigenvalue weighted by atomic mass is 16.5. The Bertz CT molecular complexity index is 602. The zero-order chi connectivity index (χ0) is 13.8. The van der Waals surface area contributed by atoms with Gasteiger partial charge in [-0.1, -0.05) is 5.21 Å². The van der Waals surface area contributed by atoms with E-state index in [1.807, 2.05) is 0 Å². The molecular formula is C9H11N7O3. The lowest BCUT2D eigenvalue weighted by molar-refractivity contribution is 0.0872. The maximum absolute atomic E-state index is 11.8. The van der Waals surface area contributed by atoms with Gasteiger partial charge in [-0.3, -0.25) is 10.1 Å². The van der Waals surface area contributed by atoms with E-state index in [0.717, 1.165) is 4.68 Å². The topological polar surface area (TPSA) is 130 Å². The highest BCUT2D eigenvalue weighted by molar-refractivity contribution is 5.83.